The third-order valence-corrected chi connectivity index (χ3v) is 7.31. The first-order valence-corrected chi connectivity index (χ1v) is 13.3. The lowest BCUT2D eigenvalue weighted by Crippen LogP contribution is -2.31. The van der Waals surface area contributed by atoms with Gasteiger partial charge in [-0.2, -0.15) is 0 Å². The van der Waals surface area contributed by atoms with E-state index in [1.165, 1.54) is 86.3 Å². The van der Waals surface area contributed by atoms with Gasteiger partial charge in [0.15, 0.2) is 5.01 Å². The number of thiazole rings is 1. The summed E-state index contributed by atoms with van der Waals surface area (Å²) in [6, 6.07) is 2.99. The summed E-state index contributed by atoms with van der Waals surface area (Å²) in [7, 11) is 2.06. The number of primary amides is 2. The van der Waals surface area contributed by atoms with Crippen LogP contribution in [0.2, 0.25) is 5.02 Å². The number of nitrogens with two attached hydrogens (primary N) is 2. The molecular formula is C24H34ClN7O3S. The van der Waals surface area contributed by atoms with E-state index in [1.807, 2.05) is 0 Å². The summed E-state index contributed by atoms with van der Waals surface area (Å²) in [5, 5.41) is 3.07. The second-order valence-corrected chi connectivity index (χ2v) is 10.7. The molecule has 2 aromatic heterocycles. The molecule has 5 rings (SSSR count). The van der Waals surface area contributed by atoms with E-state index in [4.69, 9.17) is 23.1 Å². The molecular weight excluding hydrogens is 502 g/mol. The highest BCUT2D eigenvalue weighted by Gasteiger charge is 2.24. The zero-order valence-corrected chi connectivity index (χ0v) is 22.1. The molecule has 0 bridgehead atoms. The lowest BCUT2D eigenvalue weighted by Gasteiger charge is -2.26. The van der Waals surface area contributed by atoms with Gasteiger partial charge in [-0.1, -0.05) is 18.0 Å². The monoisotopic (exact) mass is 535 g/mol. The van der Waals surface area contributed by atoms with E-state index >= 15 is 0 Å². The number of fused-ring (bicyclic) bond motifs is 1. The average molecular weight is 536 g/mol. The van der Waals surface area contributed by atoms with E-state index in [0.717, 1.165) is 31.1 Å². The van der Waals surface area contributed by atoms with Crippen LogP contribution in [0.5, 0.6) is 0 Å². The fraction of sp³-hybridized carbons (Fsp3) is 0.542. The lowest BCUT2D eigenvalue weighted by atomic mass is 10.1. The molecule has 196 valence electrons. The van der Waals surface area contributed by atoms with Crippen molar-refractivity contribution in [1.29, 1.82) is 0 Å². The van der Waals surface area contributed by atoms with Crippen molar-refractivity contribution in [2.75, 3.05) is 38.5 Å². The molecule has 3 aliphatic rings. The number of halogens is 1. The number of carbonyl (C=O) groups excluding carboxylic acids is 3. The second kappa shape index (κ2) is 13.6. The van der Waals surface area contributed by atoms with E-state index < -0.39 is 17.7 Å². The molecule has 2 fully saturated rings. The first kappa shape index (κ1) is 28.0. The largest absolute Gasteiger partial charge is 0.364 e. The van der Waals surface area contributed by atoms with Gasteiger partial charge in [0.2, 0.25) is 0 Å². The van der Waals surface area contributed by atoms with Crippen molar-refractivity contribution in [3.8, 4) is 0 Å². The number of nitrogens with zero attached hydrogens (tertiary/aromatic N) is 4. The number of carbonyl (C=O) groups is 3. The molecule has 4 heterocycles. The van der Waals surface area contributed by atoms with Gasteiger partial charge >= 0.3 is 11.8 Å². The highest BCUT2D eigenvalue weighted by Crippen LogP contribution is 2.30. The number of aromatic nitrogens is 2. The first-order valence-electron chi connectivity index (χ1n) is 12.1. The van der Waals surface area contributed by atoms with Crippen molar-refractivity contribution in [2.24, 2.45) is 17.4 Å². The second-order valence-electron chi connectivity index (χ2n) is 9.23. The van der Waals surface area contributed by atoms with Gasteiger partial charge < -0.3 is 26.6 Å². The molecule has 5 N–H and O–H groups in total. The van der Waals surface area contributed by atoms with Crippen molar-refractivity contribution in [1.82, 2.24) is 19.8 Å². The molecule has 0 atom stereocenters. The van der Waals surface area contributed by atoms with Gasteiger partial charge in [0.1, 0.15) is 5.82 Å². The summed E-state index contributed by atoms with van der Waals surface area (Å²) < 4.78 is 0. The number of hydrogen-bond donors (Lipinski definition) is 3. The number of likely N-dealkylation sites (tertiary alicyclic amines) is 1. The van der Waals surface area contributed by atoms with E-state index in [2.05, 4.69) is 32.1 Å². The van der Waals surface area contributed by atoms with Crippen LogP contribution < -0.4 is 16.8 Å². The summed E-state index contributed by atoms with van der Waals surface area (Å²) >= 11 is 6.96. The van der Waals surface area contributed by atoms with Crippen molar-refractivity contribution in [3.05, 3.63) is 38.9 Å². The minimum Gasteiger partial charge on any atom is -0.364 e. The fourth-order valence-electron chi connectivity index (χ4n) is 3.86. The molecule has 0 aromatic carbocycles. The molecule has 0 spiro atoms. The smallest absolute Gasteiger partial charge is 0.314 e. The minimum atomic E-state index is -1.06. The molecule has 3 amide bonds. The van der Waals surface area contributed by atoms with Crippen LogP contribution in [0.15, 0.2) is 18.3 Å². The Bertz CT molecular complexity index is 1040. The van der Waals surface area contributed by atoms with Gasteiger partial charge in [0, 0.05) is 37.1 Å². The van der Waals surface area contributed by atoms with Crippen molar-refractivity contribution in [3.63, 3.8) is 0 Å². The number of rotatable bonds is 4. The number of anilines is 1. The highest BCUT2D eigenvalue weighted by atomic mass is 35.5. The third-order valence-electron chi connectivity index (χ3n) is 5.99. The number of amides is 3. The molecule has 10 nitrogen and oxygen atoms in total. The molecule has 1 aliphatic carbocycles. The van der Waals surface area contributed by atoms with Gasteiger partial charge in [-0.3, -0.25) is 14.4 Å². The van der Waals surface area contributed by atoms with E-state index in [0.29, 0.717) is 10.0 Å². The van der Waals surface area contributed by atoms with Crippen molar-refractivity contribution >= 4 is 46.5 Å². The molecule has 0 unspecified atom stereocenters. The van der Waals surface area contributed by atoms with Crippen LogP contribution in [0.25, 0.3) is 0 Å². The Morgan fingerprint density at radius 3 is 2.44 bits per heavy atom. The van der Waals surface area contributed by atoms with Crippen LogP contribution in [0.4, 0.5) is 5.82 Å². The Balaban J connectivity index is 0.000000152. The molecule has 2 aromatic rings. The maximum atomic E-state index is 10.9. The van der Waals surface area contributed by atoms with Crippen LogP contribution in [0, 0.1) is 5.92 Å². The first-order chi connectivity index (χ1) is 17.2. The quantitative estimate of drug-likeness (QED) is 0.508. The summed E-state index contributed by atoms with van der Waals surface area (Å²) in [4.78, 5) is 45.9. The van der Waals surface area contributed by atoms with Crippen molar-refractivity contribution in [2.45, 2.75) is 45.1 Å². The third kappa shape index (κ3) is 9.45. The predicted molar refractivity (Wildman–Crippen MR) is 141 cm³/mol. The fourth-order valence-corrected chi connectivity index (χ4v) is 5.02. The predicted octanol–water partition coefficient (Wildman–Crippen LogP) is 2.27. The molecule has 0 radical (unpaired) electrons. The Hall–Kier alpha value is -2.60. The highest BCUT2D eigenvalue weighted by molar-refractivity contribution is 7.13. The van der Waals surface area contributed by atoms with Crippen LogP contribution in [0.3, 0.4) is 0 Å². The summed E-state index contributed by atoms with van der Waals surface area (Å²) in [5.41, 5.74) is 10.9. The summed E-state index contributed by atoms with van der Waals surface area (Å²) in [6.07, 6.45) is 9.67. The zero-order valence-electron chi connectivity index (χ0n) is 20.5. The lowest BCUT2D eigenvalue weighted by molar-refractivity contribution is -0.134. The van der Waals surface area contributed by atoms with E-state index in [9.17, 15) is 14.4 Å². The molecule has 1 saturated carbocycles. The standard InChI is InChI=1S/C9H17N.C8H11N3OS.C7H6ClN3O2/c1-2-6-10(7-3-1)8-9-4-5-9;1-11-3-2-5-6(4-11)13-8(10-5)7(9)12;8-4-1-2-5(10-3-4)11-7(13)6(9)12/h9H,1-8H2;2-4H2,1H3,(H2,9,12);1-3H,(H2,9,12)(H,10,11,13). The van der Waals surface area contributed by atoms with Crippen LogP contribution >= 0.6 is 22.9 Å². The normalized spacial score (nSPS) is 17.5. The maximum absolute atomic E-state index is 10.9. The number of piperidine rings is 1. The Morgan fingerprint density at radius 1 is 1.14 bits per heavy atom. The van der Waals surface area contributed by atoms with Gasteiger partial charge in [0.05, 0.1) is 10.7 Å². The maximum Gasteiger partial charge on any atom is 0.314 e. The van der Waals surface area contributed by atoms with Gasteiger partial charge in [0.25, 0.3) is 5.91 Å². The van der Waals surface area contributed by atoms with Crippen LogP contribution in [0.1, 0.15) is 52.5 Å². The average Bonchev–Trinajstić information content (AvgIpc) is 3.56. The number of nitrogens with one attached hydrogen (secondary N) is 1. The van der Waals surface area contributed by atoms with Crippen LogP contribution in [-0.4, -0.2) is 70.7 Å². The zero-order chi connectivity index (χ0) is 26.1. The van der Waals surface area contributed by atoms with E-state index in [-0.39, 0.29) is 5.82 Å². The molecule has 2 aliphatic heterocycles. The van der Waals surface area contributed by atoms with Gasteiger partial charge in [-0.05, 0) is 63.9 Å². The Labute approximate surface area is 220 Å². The number of likely N-dealkylation sites (N-methyl/N-ethyl adjacent to an activating group) is 1. The van der Waals surface area contributed by atoms with Crippen molar-refractivity contribution < 1.29 is 14.4 Å². The number of hydrogen-bond acceptors (Lipinski definition) is 8. The van der Waals surface area contributed by atoms with Crippen LogP contribution in [-0.2, 0) is 22.6 Å². The SMILES string of the molecule is C1CCN(CC2CC2)CC1.CN1CCc2nc(C(N)=O)sc2C1.NC(=O)C(=O)Nc1ccc(Cl)cn1. The van der Waals surface area contributed by atoms with Gasteiger partial charge in [-0.25, -0.2) is 9.97 Å². The van der Waals surface area contributed by atoms with Gasteiger partial charge in [-0.15, -0.1) is 11.3 Å². The molecule has 36 heavy (non-hydrogen) atoms. The molecule has 1 saturated heterocycles. The molecule has 12 heteroatoms. The topological polar surface area (TPSA) is 148 Å². The summed E-state index contributed by atoms with van der Waals surface area (Å²) in [6.45, 7) is 6.09. The van der Waals surface area contributed by atoms with E-state index in [1.54, 1.807) is 0 Å². The number of pyridine rings is 1. The Morgan fingerprint density at radius 2 is 1.86 bits per heavy atom. The Kier molecular flexibility index (Phi) is 10.6. The minimum absolute atomic E-state index is 0.230. The summed E-state index contributed by atoms with van der Waals surface area (Å²) in [5.74, 6) is -1.06.